The summed E-state index contributed by atoms with van der Waals surface area (Å²) in [5.41, 5.74) is 0.629. The minimum atomic E-state index is -0.591. The molecule has 1 aromatic rings. The molecule has 0 amide bonds. The van der Waals surface area contributed by atoms with Crippen LogP contribution >= 0.6 is 11.6 Å². The third kappa shape index (κ3) is 2.70. The molecular weight excluding hydrogens is 216 g/mol. The van der Waals surface area contributed by atoms with Gasteiger partial charge < -0.3 is 15.1 Å². The fourth-order valence-electron chi connectivity index (χ4n) is 1.03. The van der Waals surface area contributed by atoms with Crippen LogP contribution < -0.4 is 0 Å². The van der Waals surface area contributed by atoms with Gasteiger partial charge in [-0.25, -0.2) is 4.79 Å². The second-order valence-electron chi connectivity index (χ2n) is 2.68. The zero-order chi connectivity index (χ0) is 11.3. The van der Waals surface area contributed by atoms with Gasteiger partial charge in [0.05, 0.1) is 22.9 Å². The molecule has 1 aromatic heterocycles. The molecule has 0 saturated heterocycles. The fraction of sp³-hybridized carbons (Fsp3) is 0.200. The Bertz CT molecular complexity index is 382. The van der Waals surface area contributed by atoms with Crippen LogP contribution in [0.3, 0.4) is 0 Å². The van der Waals surface area contributed by atoms with Crippen LogP contribution in [0.4, 0.5) is 0 Å². The van der Waals surface area contributed by atoms with Crippen LogP contribution in [0.25, 0.3) is 5.03 Å². The molecule has 0 radical (unpaired) electrons. The predicted octanol–water partition coefficient (Wildman–Crippen LogP) is 2.18. The van der Waals surface area contributed by atoms with Gasteiger partial charge in [-0.15, -0.1) is 0 Å². The van der Waals surface area contributed by atoms with E-state index in [4.69, 9.17) is 21.7 Å². The molecule has 0 unspecified atom stereocenters. The van der Waals surface area contributed by atoms with Gasteiger partial charge in [-0.3, -0.25) is 0 Å². The normalized spacial score (nSPS) is 11.9. The number of aromatic amines is 1. The van der Waals surface area contributed by atoms with Gasteiger partial charge in [0.25, 0.3) is 0 Å². The molecule has 0 fully saturated rings. The molecule has 0 atom stereocenters. The third-order valence-corrected chi connectivity index (χ3v) is 2.12. The molecule has 2 N–H and O–H groups in total. The van der Waals surface area contributed by atoms with Crippen LogP contribution in [-0.4, -0.2) is 23.8 Å². The third-order valence-electron chi connectivity index (χ3n) is 1.71. The van der Waals surface area contributed by atoms with E-state index in [2.05, 4.69) is 4.98 Å². The second kappa shape index (κ2) is 5.36. The highest BCUT2D eigenvalue weighted by Gasteiger charge is 2.14. The van der Waals surface area contributed by atoms with Crippen molar-refractivity contribution in [1.82, 2.24) is 4.98 Å². The Hall–Kier alpha value is -1.55. The van der Waals surface area contributed by atoms with Crippen LogP contribution in [0.2, 0.25) is 0 Å². The van der Waals surface area contributed by atoms with Crippen LogP contribution in [0.15, 0.2) is 23.9 Å². The van der Waals surface area contributed by atoms with Crippen molar-refractivity contribution in [2.24, 2.45) is 0 Å². The minimum Gasteiger partial charge on any atom is -0.462 e. The van der Waals surface area contributed by atoms with E-state index in [1.54, 1.807) is 25.3 Å². The molecule has 1 heterocycles. The van der Waals surface area contributed by atoms with Crippen molar-refractivity contribution in [3.63, 3.8) is 0 Å². The van der Waals surface area contributed by atoms with Gasteiger partial charge in [-0.2, -0.15) is 0 Å². The van der Waals surface area contributed by atoms with Crippen molar-refractivity contribution in [2.45, 2.75) is 6.92 Å². The lowest BCUT2D eigenvalue weighted by atomic mass is 10.2. The maximum atomic E-state index is 11.4. The lowest BCUT2D eigenvalue weighted by Crippen LogP contribution is -2.09. The molecule has 15 heavy (non-hydrogen) atoms. The number of carbonyl (C=O) groups excluding carboxylic acids is 1. The Morgan fingerprint density at radius 3 is 2.93 bits per heavy atom. The van der Waals surface area contributed by atoms with Crippen molar-refractivity contribution in [3.05, 3.63) is 29.6 Å². The molecule has 4 nitrogen and oxygen atoms in total. The first-order valence-electron chi connectivity index (χ1n) is 4.41. The van der Waals surface area contributed by atoms with Crippen molar-refractivity contribution >= 4 is 28.8 Å². The SMILES string of the molecule is CCOC(=O)/C(C=N)=C(\Cl)c1ccc[nH]1. The topological polar surface area (TPSA) is 65.9 Å². The highest BCUT2D eigenvalue weighted by Crippen LogP contribution is 2.21. The van der Waals surface area contributed by atoms with Gasteiger partial charge in [0, 0.05) is 12.4 Å². The van der Waals surface area contributed by atoms with E-state index in [0.29, 0.717) is 5.69 Å². The molecule has 0 aliphatic rings. The van der Waals surface area contributed by atoms with Crippen molar-refractivity contribution in [1.29, 1.82) is 5.41 Å². The van der Waals surface area contributed by atoms with Crippen LogP contribution in [0.1, 0.15) is 12.6 Å². The number of rotatable bonds is 4. The summed E-state index contributed by atoms with van der Waals surface area (Å²) in [5, 5.41) is 7.31. The monoisotopic (exact) mass is 226 g/mol. The zero-order valence-electron chi connectivity index (χ0n) is 8.21. The van der Waals surface area contributed by atoms with Crippen LogP contribution in [0.5, 0.6) is 0 Å². The predicted molar refractivity (Wildman–Crippen MR) is 59.0 cm³/mol. The molecule has 0 spiro atoms. The molecular formula is C10H11ClN2O2. The lowest BCUT2D eigenvalue weighted by molar-refractivity contribution is -0.137. The smallest absolute Gasteiger partial charge is 0.341 e. The molecule has 0 aliphatic heterocycles. The van der Waals surface area contributed by atoms with E-state index in [9.17, 15) is 4.79 Å². The molecule has 0 aliphatic carbocycles. The minimum absolute atomic E-state index is 0.0426. The summed E-state index contributed by atoms with van der Waals surface area (Å²) in [6, 6.07) is 3.47. The van der Waals surface area contributed by atoms with Gasteiger partial charge in [-0.1, -0.05) is 11.6 Å². The average Bonchev–Trinajstić information content (AvgIpc) is 2.71. The number of hydrogen-bond acceptors (Lipinski definition) is 3. The first kappa shape index (κ1) is 11.5. The summed E-state index contributed by atoms with van der Waals surface area (Å²) >= 11 is 5.94. The summed E-state index contributed by atoms with van der Waals surface area (Å²) in [5.74, 6) is -0.591. The van der Waals surface area contributed by atoms with Gasteiger partial charge in [0.2, 0.25) is 0 Å². The summed E-state index contributed by atoms with van der Waals surface area (Å²) in [6.07, 6.45) is 2.57. The first-order valence-corrected chi connectivity index (χ1v) is 4.79. The number of carbonyl (C=O) groups is 1. The zero-order valence-corrected chi connectivity index (χ0v) is 8.97. The molecule has 5 heteroatoms. The van der Waals surface area contributed by atoms with Crippen molar-refractivity contribution < 1.29 is 9.53 Å². The van der Waals surface area contributed by atoms with Gasteiger partial charge >= 0.3 is 5.97 Å². The van der Waals surface area contributed by atoms with Gasteiger partial charge in [-0.05, 0) is 19.1 Å². The summed E-state index contributed by atoms with van der Waals surface area (Å²) < 4.78 is 4.77. The Kier molecular flexibility index (Phi) is 4.12. The number of nitrogens with one attached hydrogen (secondary N) is 2. The Morgan fingerprint density at radius 1 is 1.73 bits per heavy atom. The lowest BCUT2D eigenvalue weighted by Gasteiger charge is -2.03. The highest BCUT2D eigenvalue weighted by molar-refractivity contribution is 6.52. The van der Waals surface area contributed by atoms with E-state index in [-0.39, 0.29) is 17.2 Å². The van der Waals surface area contributed by atoms with Crippen LogP contribution in [0, 0.1) is 5.41 Å². The molecule has 0 bridgehead atoms. The van der Waals surface area contributed by atoms with E-state index < -0.39 is 5.97 Å². The van der Waals surface area contributed by atoms with Gasteiger partial charge in [0.1, 0.15) is 0 Å². The van der Waals surface area contributed by atoms with Crippen molar-refractivity contribution in [3.8, 4) is 0 Å². The largest absolute Gasteiger partial charge is 0.462 e. The molecule has 0 saturated carbocycles. The maximum absolute atomic E-state index is 11.4. The number of H-pyrrole nitrogens is 1. The average molecular weight is 227 g/mol. The van der Waals surface area contributed by atoms with Gasteiger partial charge in [0.15, 0.2) is 0 Å². The van der Waals surface area contributed by atoms with E-state index in [1.165, 1.54) is 0 Å². The number of ether oxygens (including phenoxy) is 1. The van der Waals surface area contributed by atoms with E-state index >= 15 is 0 Å². The first-order chi connectivity index (χ1) is 7.20. The summed E-state index contributed by atoms with van der Waals surface area (Å²) in [4.78, 5) is 14.2. The Balaban J connectivity index is 3.03. The quantitative estimate of drug-likeness (QED) is 0.470. The van der Waals surface area contributed by atoms with E-state index in [1.807, 2.05) is 0 Å². The molecule has 80 valence electrons. The Labute approximate surface area is 92.4 Å². The highest BCUT2D eigenvalue weighted by atomic mass is 35.5. The fourth-order valence-corrected chi connectivity index (χ4v) is 1.28. The number of esters is 1. The van der Waals surface area contributed by atoms with E-state index in [0.717, 1.165) is 6.21 Å². The molecule has 1 rings (SSSR count). The maximum Gasteiger partial charge on any atom is 0.341 e. The van der Waals surface area contributed by atoms with Crippen LogP contribution in [-0.2, 0) is 9.53 Å². The second-order valence-corrected chi connectivity index (χ2v) is 3.05. The Morgan fingerprint density at radius 2 is 2.47 bits per heavy atom. The molecule has 0 aromatic carbocycles. The standard InChI is InChI=1S/C10H11ClN2O2/c1-2-15-10(14)7(6-12)9(11)8-4-3-5-13-8/h3-6,12-13H,2H2,1H3/b9-7-,12-6?. The van der Waals surface area contributed by atoms with Crippen molar-refractivity contribution in [2.75, 3.05) is 6.61 Å². The number of aromatic nitrogens is 1. The summed E-state index contributed by atoms with van der Waals surface area (Å²) in [6.45, 7) is 1.95. The number of hydrogen-bond donors (Lipinski definition) is 2. The number of halogens is 1. The summed E-state index contributed by atoms with van der Waals surface area (Å²) in [7, 11) is 0.